The fraction of sp³-hybridized carbons (Fsp3) is 0. The van der Waals surface area contributed by atoms with E-state index in [0.717, 1.165) is 28.5 Å². The minimum Gasteiger partial charge on any atom is -0.458 e. The van der Waals surface area contributed by atoms with Crippen LogP contribution in [-0.2, 0) is 0 Å². The Balaban J connectivity index is 1.41. The van der Waals surface area contributed by atoms with Crippen molar-refractivity contribution in [1.29, 1.82) is 0 Å². The molecule has 0 radical (unpaired) electrons. The Morgan fingerprint density at radius 1 is 0.375 bits per heavy atom. The average Bonchev–Trinajstić information content (AvgIpc) is 3.03. The predicted octanol–water partition coefficient (Wildman–Crippen LogP) is 3.79. The highest BCUT2D eigenvalue weighted by Gasteiger charge is 2.44. The van der Waals surface area contributed by atoms with Crippen LogP contribution in [0.1, 0.15) is 0 Å². The summed E-state index contributed by atoms with van der Waals surface area (Å²) in [4.78, 5) is 0. The third-order valence-corrected chi connectivity index (χ3v) is 13.1. The first-order chi connectivity index (χ1) is 19.8. The number of ether oxygens (including phenoxy) is 2. The summed E-state index contributed by atoms with van der Waals surface area (Å²) in [6.07, 6.45) is 0. The van der Waals surface area contributed by atoms with E-state index in [2.05, 4.69) is 133 Å². The number of benzene rings is 6. The van der Waals surface area contributed by atoms with Crippen LogP contribution in [0, 0.1) is 0 Å². The molecule has 0 aliphatic carbocycles. The van der Waals surface area contributed by atoms with Gasteiger partial charge in [0.05, 0.1) is 0 Å². The molecule has 8 rings (SSSR count). The Bertz CT molecular complexity index is 1760. The fourth-order valence-electron chi connectivity index (χ4n) is 6.67. The summed E-state index contributed by atoms with van der Waals surface area (Å²) < 4.78 is 13.0. The first-order valence-electron chi connectivity index (χ1n) is 13.7. The maximum atomic E-state index is 6.72. The molecule has 0 N–H and O–H groups in total. The molecule has 188 valence electrons. The highest BCUT2D eigenvalue weighted by molar-refractivity contribution is 7.20. The van der Waals surface area contributed by atoms with Crippen LogP contribution >= 0.6 is 0 Å². The lowest BCUT2D eigenvalue weighted by atomic mass is 9.35. The van der Waals surface area contributed by atoms with Gasteiger partial charge in [0.25, 0.3) is 6.71 Å². The Morgan fingerprint density at radius 3 is 1.45 bits per heavy atom. The standard InChI is InChI=1S/C36H25BO2Si/c1-4-13-26(14-5-1)40(27-15-6-2-7-16-27,28-17-8-3-9-18-28)29-23-24-31-35(25-29)39-34-22-12-21-33-36(34)37(31)30-19-10-11-20-32(30)38-33/h1-25H. The first kappa shape index (κ1) is 23.1. The number of fused-ring (bicyclic) bond motifs is 4. The average molecular weight is 528 g/mol. The highest BCUT2D eigenvalue weighted by Crippen LogP contribution is 2.33. The van der Waals surface area contributed by atoms with E-state index >= 15 is 0 Å². The minimum atomic E-state index is -2.66. The van der Waals surface area contributed by atoms with Crippen molar-refractivity contribution in [2.45, 2.75) is 0 Å². The third kappa shape index (κ3) is 3.36. The van der Waals surface area contributed by atoms with Crippen molar-refractivity contribution in [3.63, 3.8) is 0 Å². The first-order valence-corrected chi connectivity index (χ1v) is 15.7. The maximum absolute atomic E-state index is 6.72. The van der Waals surface area contributed by atoms with Crippen LogP contribution in [-0.4, -0.2) is 14.8 Å². The van der Waals surface area contributed by atoms with Crippen molar-refractivity contribution in [1.82, 2.24) is 0 Å². The number of hydrogen-bond donors (Lipinski definition) is 0. The molecular weight excluding hydrogens is 503 g/mol. The lowest BCUT2D eigenvalue weighted by Gasteiger charge is -2.36. The smallest absolute Gasteiger partial charge is 0.260 e. The molecule has 6 aromatic carbocycles. The molecule has 0 spiro atoms. The zero-order valence-electron chi connectivity index (χ0n) is 21.8. The maximum Gasteiger partial charge on any atom is 0.260 e. The van der Waals surface area contributed by atoms with Gasteiger partial charge in [0.1, 0.15) is 23.0 Å². The Labute approximate surface area is 235 Å². The van der Waals surface area contributed by atoms with E-state index in [9.17, 15) is 0 Å². The summed E-state index contributed by atoms with van der Waals surface area (Å²) in [5, 5.41) is 5.35. The Morgan fingerprint density at radius 2 is 0.850 bits per heavy atom. The van der Waals surface area contributed by atoms with Gasteiger partial charge in [-0.2, -0.15) is 0 Å². The molecule has 2 aliphatic rings. The molecule has 0 bridgehead atoms. The monoisotopic (exact) mass is 528 g/mol. The molecule has 0 atom stereocenters. The van der Waals surface area contributed by atoms with Crippen molar-refractivity contribution in [3.8, 4) is 23.0 Å². The Hall–Kier alpha value is -4.80. The molecule has 2 nitrogen and oxygen atoms in total. The molecule has 0 saturated carbocycles. The van der Waals surface area contributed by atoms with Crippen LogP contribution < -0.4 is 46.6 Å². The molecule has 6 aromatic rings. The Kier molecular flexibility index (Phi) is 5.29. The van der Waals surface area contributed by atoms with Gasteiger partial charge in [-0.3, -0.25) is 0 Å². The summed E-state index contributed by atoms with van der Waals surface area (Å²) in [5.41, 5.74) is 3.47. The van der Waals surface area contributed by atoms with Gasteiger partial charge >= 0.3 is 0 Å². The summed E-state index contributed by atoms with van der Waals surface area (Å²) >= 11 is 0. The molecule has 2 aliphatic heterocycles. The SMILES string of the molecule is c1ccc([Si](c2ccccc2)(c2ccccc2)c2ccc3c(c2)Oc2cccc4c2B3c2ccccc2O4)cc1. The van der Waals surface area contributed by atoms with Crippen LogP contribution in [0.15, 0.2) is 152 Å². The van der Waals surface area contributed by atoms with Gasteiger partial charge in [-0.05, 0) is 55.9 Å². The normalized spacial score (nSPS) is 12.8. The number of para-hydroxylation sites is 1. The van der Waals surface area contributed by atoms with Crippen molar-refractivity contribution in [2.75, 3.05) is 0 Å². The molecule has 0 aromatic heterocycles. The highest BCUT2D eigenvalue weighted by atomic mass is 28.3. The third-order valence-electron chi connectivity index (χ3n) is 8.36. The van der Waals surface area contributed by atoms with Crippen molar-refractivity contribution < 1.29 is 9.47 Å². The van der Waals surface area contributed by atoms with E-state index in [-0.39, 0.29) is 6.71 Å². The van der Waals surface area contributed by atoms with E-state index in [4.69, 9.17) is 9.47 Å². The number of hydrogen-bond acceptors (Lipinski definition) is 2. The largest absolute Gasteiger partial charge is 0.458 e. The summed E-state index contributed by atoms with van der Waals surface area (Å²) in [6.45, 7) is 0.0650. The van der Waals surface area contributed by atoms with Gasteiger partial charge in [-0.1, -0.05) is 127 Å². The second kappa shape index (κ2) is 9.15. The van der Waals surface area contributed by atoms with Gasteiger partial charge in [0.2, 0.25) is 0 Å². The van der Waals surface area contributed by atoms with Crippen LogP contribution in [0.2, 0.25) is 0 Å². The quantitative estimate of drug-likeness (QED) is 0.256. The van der Waals surface area contributed by atoms with E-state index in [1.54, 1.807) is 0 Å². The van der Waals surface area contributed by atoms with Crippen molar-refractivity contribution in [2.24, 2.45) is 0 Å². The molecule has 4 heteroatoms. The van der Waals surface area contributed by atoms with Crippen molar-refractivity contribution >= 4 is 51.9 Å². The van der Waals surface area contributed by atoms with Gasteiger partial charge in [0.15, 0.2) is 8.07 Å². The van der Waals surface area contributed by atoms with E-state index in [0.29, 0.717) is 0 Å². The molecule has 0 amide bonds. The van der Waals surface area contributed by atoms with E-state index in [1.807, 2.05) is 18.2 Å². The second-order valence-corrected chi connectivity index (χ2v) is 14.3. The number of rotatable bonds is 4. The lowest BCUT2D eigenvalue weighted by Crippen LogP contribution is -2.75. The van der Waals surface area contributed by atoms with Crippen LogP contribution in [0.3, 0.4) is 0 Å². The predicted molar refractivity (Wildman–Crippen MR) is 168 cm³/mol. The molecule has 0 unspecified atom stereocenters. The topological polar surface area (TPSA) is 18.5 Å². The van der Waals surface area contributed by atoms with Crippen molar-refractivity contribution in [3.05, 3.63) is 152 Å². The second-order valence-electron chi connectivity index (χ2n) is 10.4. The van der Waals surface area contributed by atoms with Crippen LogP contribution in [0.25, 0.3) is 0 Å². The lowest BCUT2D eigenvalue weighted by molar-refractivity contribution is 0.464. The van der Waals surface area contributed by atoms with Gasteiger partial charge in [0, 0.05) is 5.46 Å². The zero-order valence-corrected chi connectivity index (χ0v) is 22.8. The van der Waals surface area contributed by atoms with E-state index < -0.39 is 8.07 Å². The zero-order chi connectivity index (χ0) is 26.5. The minimum absolute atomic E-state index is 0.0650. The van der Waals surface area contributed by atoms with Gasteiger partial charge < -0.3 is 9.47 Å². The summed E-state index contributed by atoms with van der Waals surface area (Å²) in [6, 6.07) is 54.5. The molecule has 40 heavy (non-hydrogen) atoms. The molecular formula is C36H25BO2Si. The summed E-state index contributed by atoms with van der Waals surface area (Å²) in [7, 11) is -2.66. The van der Waals surface area contributed by atoms with E-state index in [1.165, 1.54) is 31.7 Å². The van der Waals surface area contributed by atoms with Crippen LogP contribution in [0.4, 0.5) is 0 Å². The molecule has 0 fully saturated rings. The van der Waals surface area contributed by atoms with Crippen LogP contribution in [0.5, 0.6) is 23.0 Å². The molecule has 2 heterocycles. The summed E-state index contributed by atoms with van der Waals surface area (Å²) in [5.74, 6) is 3.57. The van der Waals surface area contributed by atoms with Gasteiger partial charge in [-0.25, -0.2) is 0 Å². The van der Waals surface area contributed by atoms with Gasteiger partial charge in [-0.15, -0.1) is 0 Å². The fourth-order valence-corrected chi connectivity index (χ4v) is 11.4. The molecule has 0 saturated heterocycles.